The van der Waals surface area contributed by atoms with Crippen LogP contribution in [0.25, 0.3) is 0 Å². The Bertz CT molecular complexity index is 558. The van der Waals surface area contributed by atoms with Crippen LogP contribution in [0.3, 0.4) is 0 Å². The van der Waals surface area contributed by atoms with Crippen molar-refractivity contribution in [3.05, 3.63) is 18.2 Å². The molecular weight excluding hydrogens is 292 g/mol. The van der Waals surface area contributed by atoms with Crippen molar-refractivity contribution < 1.29 is 17.9 Å². The summed E-state index contributed by atoms with van der Waals surface area (Å²) in [5.41, 5.74) is 6.06. The van der Waals surface area contributed by atoms with Gasteiger partial charge in [0.15, 0.2) is 0 Å². The maximum absolute atomic E-state index is 12.6. The van der Waals surface area contributed by atoms with Crippen molar-refractivity contribution in [2.45, 2.75) is 31.7 Å². The van der Waals surface area contributed by atoms with Gasteiger partial charge in [-0.3, -0.25) is 0 Å². The summed E-state index contributed by atoms with van der Waals surface area (Å²) >= 11 is 0. The van der Waals surface area contributed by atoms with Crippen LogP contribution in [-0.4, -0.2) is 34.8 Å². The van der Waals surface area contributed by atoms with E-state index in [0.29, 0.717) is 24.7 Å². The monoisotopic (exact) mass is 316 g/mol. The van der Waals surface area contributed by atoms with Gasteiger partial charge in [-0.05, 0) is 31.0 Å². The van der Waals surface area contributed by atoms with E-state index >= 15 is 0 Å². The van der Waals surface area contributed by atoms with Crippen LogP contribution in [0.1, 0.15) is 20.8 Å². The molecule has 3 N–H and O–H groups in total. The number of benzene rings is 1. The zero-order chi connectivity index (χ0) is 16.0. The Balaban J connectivity index is 3.14. The molecule has 1 atom stereocenters. The second kappa shape index (κ2) is 7.63. The van der Waals surface area contributed by atoms with Gasteiger partial charge in [-0.1, -0.05) is 13.8 Å². The molecule has 0 aliphatic carbocycles. The number of rotatable bonds is 8. The van der Waals surface area contributed by atoms with Gasteiger partial charge in [0, 0.05) is 18.8 Å². The molecule has 1 aromatic rings. The van der Waals surface area contributed by atoms with Crippen molar-refractivity contribution in [2.24, 2.45) is 5.92 Å². The molecule has 120 valence electrons. The summed E-state index contributed by atoms with van der Waals surface area (Å²) in [4.78, 5) is 0.0473. The molecule has 0 radical (unpaired) electrons. The molecule has 0 aliphatic rings. The maximum atomic E-state index is 12.6. The Labute approximate surface area is 126 Å². The van der Waals surface area contributed by atoms with E-state index < -0.39 is 10.0 Å². The molecule has 0 saturated heterocycles. The van der Waals surface area contributed by atoms with Gasteiger partial charge in [-0.15, -0.1) is 0 Å². The fourth-order valence-corrected chi connectivity index (χ4v) is 3.36. The van der Waals surface area contributed by atoms with E-state index in [4.69, 9.17) is 15.2 Å². The predicted octanol–water partition coefficient (Wildman–Crippen LogP) is 1.62. The summed E-state index contributed by atoms with van der Waals surface area (Å²) in [6.45, 7) is 6.31. The predicted molar refractivity (Wildman–Crippen MR) is 82.8 cm³/mol. The minimum Gasteiger partial charge on any atom is -0.492 e. The maximum Gasteiger partial charge on any atom is 0.244 e. The highest BCUT2D eigenvalue weighted by atomic mass is 32.2. The van der Waals surface area contributed by atoms with Gasteiger partial charge >= 0.3 is 0 Å². The molecule has 21 heavy (non-hydrogen) atoms. The Kier molecular flexibility index (Phi) is 6.44. The highest BCUT2D eigenvalue weighted by Crippen LogP contribution is 2.26. The summed E-state index contributed by atoms with van der Waals surface area (Å²) in [6.07, 6.45) is 0. The second-order valence-electron chi connectivity index (χ2n) is 5.07. The molecular formula is C14H24N2O4S. The minimum atomic E-state index is -3.74. The lowest BCUT2D eigenvalue weighted by molar-refractivity contribution is 0.157. The van der Waals surface area contributed by atoms with Crippen molar-refractivity contribution in [1.29, 1.82) is 0 Å². The zero-order valence-corrected chi connectivity index (χ0v) is 13.7. The molecule has 0 saturated carbocycles. The van der Waals surface area contributed by atoms with Gasteiger partial charge in [-0.2, -0.15) is 0 Å². The number of hydrogen-bond donors (Lipinski definition) is 2. The molecule has 1 unspecified atom stereocenters. The van der Waals surface area contributed by atoms with Crippen LogP contribution in [-0.2, 0) is 14.8 Å². The van der Waals surface area contributed by atoms with E-state index in [0.717, 1.165) is 0 Å². The zero-order valence-electron chi connectivity index (χ0n) is 12.9. The van der Waals surface area contributed by atoms with Gasteiger partial charge < -0.3 is 15.2 Å². The standard InChI is InChI=1S/C14H24N2O4S/c1-5-20-13-7-6-11(15)8-14(13)21(17,18)16-12(9-19-4)10(2)3/h6-8,10,12,16H,5,9,15H2,1-4H3. The number of hydrogen-bond acceptors (Lipinski definition) is 5. The van der Waals surface area contributed by atoms with Crippen molar-refractivity contribution >= 4 is 15.7 Å². The second-order valence-corrected chi connectivity index (χ2v) is 6.75. The molecule has 0 fully saturated rings. The summed E-state index contributed by atoms with van der Waals surface area (Å²) in [6, 6.07) is 4.25. The average Bonchev–Trinajstić information content (AvgIpc) is 2.40. The molecule has 1 aromatic carbocycles. The topological polar surface area (TPSA) is 90.7 Å². The van der Waals surface area contributed by atoms with Crippen molar-refractivity contribution in [3.63, 3.8) is 0 Å². The molecule has 0 spiro atoms. The Hall–Kier alpha value is -1.31. The van der Waals surface area contributed by atoms with E-state index in [-0.39, 0.29) is 16.9 Å². The first-order valence-electron chi connectivity index (χ1n) is 6.85. The molecule has 0 bridgehead atoms. The van der Waals surface area contributed by atoms with Crippen molar-refractivity contribution in [2.75, 3.05) is 26.1 Å². The Morgan fingerprint density at radius 1 is 1.33 bits per heavy atom. The SMILES string of the molecule is CCOc1ccc(N)cc1S(=O)(=O)NC(COC)C(C)C. The van der Waals surface area contributed by atoms with Gasteiger partial charge in [0.25, 0.3) is 0 Å². The van der Waals surface area contributed by atoms with Crippen LogP contribution in [0.4, 0.5) is 5.69 Å². The summed E-state index contributed by atoms with van der Waals surface area (Å²) in [7, 11) is -2.20. The van der Waals surface area contributed by atoms with E-state index in [9.17, 15) is 8.42 Å². The molecule has 0 amide bonds. The van der Waals surface area contributed by atoms with Crippen LogP contribution in [0.2, 0.25) is 0 Å². The quantitative estimate of drug-likeness (QED) is 0.711. The molecule has 7 heteroatoms. The number of nitrogens with one attached hydrogen (secondary N) is 1. The number of methoxy groups -OCH3 is 1. The minimum absolute atomic E-state index is 0.0473. The largest absolute Gasteiger partial charge is 0.492 e. The van der Waals surface area contributed by atoms with E-state index in [1.807, 2.05) is 13.8 Å². The fraction of sp³-hybridized carbons (Fsp3) is 0.571. The van der Waals surface area contributed by atoms with E-state index in [2.05, 4.69) is 4.72 Å². The summed E-state index contributed by atoms with van der Waals surface area (Å²) in [5.74, 6) is 0.385. The van der Waals surface area contributed by atoms with Crippen LogP contribution in [0.5, 0.6) is 5.75 Å². The van der Waals surface area contributed by atoms with Crippen LogP contribution < -0.4 is 15.2 Å². The number of anilines is 1. The molecule has 1 rings (SSSR count). The molecule has 0 aliphatic heterocycles. The summed E-state index contributed by atoms with van der Waals surface area (Å²) in [5, 5.41) is 0. The van der Waals surface area contributed by atoms with Crippen molar-refractivity contribution in [3.8, 4) is 5.75 Å². The molecule has 0 heterocycles. The third-order valence-corrected chi connectivity index (χ3v) is 4.53. The van der Waals surface area contributed by atoms with Crippen LogP contribution in [0, 0.1) is 5.92 Å². The van der Waals surface area contributed by atoms with Gasteiger partial charge in [0.2, 0.25) is 10.0 Å². The molecule has 6 nitrogen and oxygen atoms in total. The summed E-state index contributed by atoms with van der Waals surface area (Å²) < 4.78 is 38.2. The first-order chi connectivity index (χ1) is 9.81. The fourth-order valence-electron chi connectivity index (χ4n) is 1.81. The van der Waals surface area contributed by atoms with Crippen molar-refractivity contribution in [1.82, 2.24) is 4.72 Å². The van der Waals surface area contributed by atoms with Gasteiger partial charge in [0.1, 0.15) is 10.6 Å². The first-order valence-corrected chi connectivity index (χ1v) is 8.33. The number of nitrogen functional groups attached to an aromatic ring is 1. The smallest absolute Gasteiger partial charge is 0.244 e. The highest BCUT2D eigenvalue weighted by Gasteiger charge is 2.25. The lowest BCUT2D eigenvalue weighted by Gasteiger charge is -2.22. The van der Waals surface area contributed by atoms with Crippen LogP contribution >= 0.6 is 0 Å². The Morgan fingerprint density at radius 3 is 2.52 bits per heavy atom. The third kappa shape index (κ3) is 4.87. The number of ether oxygens (including phenoxy) is 2. The normalized spacial score (nSPS) is 13.4. The number of sulfonamides is 1. The lowest BCUT2D eigenvalue weighted by atomic mass is 10.1. The first kappa shape index (κ1) is 17.7. The average molecular weight is 316 g/mol. The van der Waals surface area contributed by atoms with Gasteiger partial charge in [-0.25, -0.2) is 13.1 Å². The number of nitrogens with two attached hydrogens (primary N) is 1. The van der Waals surface area contributed by atoms with Gasteiger partial charge in [0.05, 0.1) is 13.2 Å². The van der Waals surface area contributed by atoms with E-state index in [1.54, 1.807) is 19.1 Å². The third-order valence-electron chi connectivity index (χ3n) is 3.01. The highest BCUT2D eigenvalue weighted by molar-refractivity contribution is 7.89. The molecule has 0 aromatic heterocycles. The lowest BCUT2D eigenvalue weighted by Crippen LogP contribution is -2.41. The van der Waals surface area contributed by atoms with E-state index in [1.165, 1.54) is 13.2 Å². The van der Waals surface area contributed by atoms with Crippen LogP contribution in [0.15, 0.2) is 23.1 Å². The Morgan fingerprint density at radius 2 is 2.00 bits per heavy atom.